The normalized spacial score (nSPS) is 18.6. The number of anilines is 1. The molecule has 2 aliphatic rings. The molecule has 0 saturated heterocycles. The van der Waals surface area contributed by atoms with E-state index in [0.717, 1.165) is 29.9 Å². The summed E-state index contributed by atoms with van der Waals surface area (Å²) in [5.74, 6) is 1.72. The Morgan fingerprint density at radius 1 is 1.30 bits per heavy atom. The maximum Gasteiger partial charge on any atom is 0.257 e. The maximum absolute atomic E-state index is 13.0. The van der Waals surface area contributed by atoms with Crippen LogP contribution >= 0.6 is 11.8 Å². The zero-order valence-corrected chi connectivity index (χ0v) is 16.1. The van der Waals surface area contributed by atoms with Crippen LogP contribution in [0.3, 0.4) is 0 Å². The Labute approximate surface area is 161 Å². The zero-order chi connectivity index (χ0) is 19.0. The van der Waals surface area contributed by atoms with Gasteiger partial charge in [-0.2, -0.15) is 0 Å². The van der Waals surface area contributed by atoms with Gasteiger partial charge in [0, 0.05) is 23.6 Å². The van der Waals surface area contributed by atoms with Gasteiger partial charge < -0.3 is 15.0 Å². The number of allylic oxidation sites excluding steroid dienone is 2. The van der Waals surface area contributed by atoms with Crippen LogP contribution in [0.4, 0.5) is 5.82 Å². The van der Waals surface area contributed by atoms with Gasteiger partial charge in [-0.1, -0.05) is 30.8 Å². The van der Waals surface area contributed by atoms with Crippen LogP contribution in [0.25, 0.3) is 0 Å². The third-order valence-corrected chi connectivity index (χ3v) is 5.70. The van der Waals surface area contributed by atoms with E-state index < -0.39 is 5.92 Å². The number of nitrogens with one attached hydrogen (secondary N) is 2. The molecule has 1 aliphatic heterocycles. The van der Waals surface area contributed by atoms with Crippen molar-refractivity contribution in [1.29, 1.82) is 0 Å². The summed E-state index contributed by atoms with van der Waals surface area (Å²) in [6, 6.07) is 7.56. The third kappa shape index (κ3) is 3.16. The van der Waals surface area contributed by atoms with Crippen LogP contribution in [0.2, 0.25) is 0 Å². The minimum absolute atomic E-state index is 0.0913. The van der Waals surface area contributed by atoms with Gasteiger partial charge in [0.2, 0.25) is 0 Å². The summed E-state index contributed by atoms with van der Waals surface area (Å²) in [5.41, 5.74) is 2.73. The first kappa shape index (κ1) is 17.9. The number of carbonyl (C=O) groups is 1. The molecule has 1 aromatic carbocycles. The summed E-state index contributed by atoms with van der Waals surface area (Å²) < 4.78 is 5.36. The van der Waals surface area contributed by atoms with Crippen molar-refractivity contribution in [2.75, 3.05) is 18.2 Å². The molecule has 1 aliphatic carbocycles. The molecule has 0 amide bonds. The summed E-state index contributed by atoms with van der Waals surface area (Å²) in [4.78, 5) is 33.2. The standard InChI is InChI=1S/C20H21N3O3S/c1-3-27-20-22-18-17(19(25)23-20)15(11-6-4-7-12(10-11)26-2)16-13(21-18)8-5-9-14(16)24/h4,6-7,10,15H,3,5,8-9H2,1-2H3,(H2,21,22,23,25)/t15-/m1/s1. The number of fused-ring (bicyclic) bond motifs is 1. The average Bonchev–Trinajstić information content (AvgIpc) is 2.67. The highest BCUT2D eigenvalue weighted by molar-refractivity contribution is 7.99. The number of Topliss-reactive ketones (excluding diaryl/α,β-unsaturated/α-hetero) is 1. The lowest BCUT2D eigenvalue weighted by atomic mass is 9.76. The molecule has 2 N–H and O–H groups in total. The topological polar surface area (TPSA) is 84.1 Å². The van der Waals surface area contributed by atoms with Gasteiger partial charge in [-0.25, -0.2) is 4.98 Å². The molecule has 1 aromatic heterocycles. The van der Waals surface area contributed by atoms with Crippen molar-refractivity contribution in [1.82, 2.24) is 9.97 Å². The van der Waals surface area contributed by atoms with Gasteiger partial charge in [0.25, 0.3) is 5.56 Å². The second-order valence-corrected chi connectivity index (χ2v) is 7.82. The smallest absolute Gasteiger partial charge is 0.257 e. The van der Waals surface area contributed by atoms with Gasteiger partial charge in [0.05, 0.1) is 12.7 Å². The quantitative estimate of drug-likeness (QED) is 0.621. The Hall–Kier alpha value is -2.54. The Kier molecular flexibility index (Phi) is 4.78. The van der Waals surface area contributed by atoms with Gasteiger partial charge in [-0.05, 0) is 36.3 Å². The number of rotatable bonds is 4. The van der Waals surface area contributed by atoms with Gasteiger partial charge >= 0.3 is 0 Å². The number of ketones is 1. The number of benzene rings is 1. The van der Waals surface area contributed by atoms with Crippen LogP contribution in [0.5, 0.6) is 5.75 Å². The molecule has 1 atom stereocenters. The van der Waals surface area contributed by atoms with Crippen LogP contribution < -0.4 is 15.6 Å². The van der Waals surface area contributed by atoms with Gasteiger partial charge in [-0.15, -0.1) is 0 Å². The number of hydrogen-bond acceptors (Lipinski definition) is 6. The summed E-state index contributed by atoms with van der Waals surface area (Å²) >= 11 is 1.49. The zero-order valence-electron chi connectivity index (χ0n) is 15.3. The van der Waals surface area contributed by atoms with Gasteiger partial charge in [0.1, 0.15) is 11.6 Å². The van der Waals surface area contributed by atoms with E-state index in [1.807, 2.05) is 31.2 Å². The Morgan fingerprint density at radius 3 is 2.93 bits per heavy atom. The Balaban J connectivity index is 1.94. The number of aromatic nitrogens is 2. The minimum atomic E-state index is -0.434. The number of ether oxygens (including phenoxy) is 1. The molecular formula is C20H21N3O3S. The van der Waals surface area contributed by atoms with E-state index in [4.69, 9.17) is 4.74 Å². The number of hydrogen-bond donors (Lipinski definition) is 2. The number of methoxy groups -OCH3 is 1. The molecule has 0 bridgehead atoms. The predicted molar refractivity (Wildman–Crippen MR) is 106 cm³/mol. The fraction of sp³-hybridized carbons (Fsp3) is 0.350. The number of thioether (sulfide) groups is 1. The minimum Gasteiger partial charge on any atom is -0.497 e. The fourth-order valence-electron chi connectivity index (χ4n) is 3.80. The molecule has 0 spiro atoms. The molecule has 7 heteroatoms. The van der Waals surface area contributed by atoms with E-state index in [9.17, 15) is 9.59 Å². The van der Waals surface area contributed by atoms with Crippen molar-refractivity contribution in [3.8, 4) is 5.75 Å². The highest BCUT2D eigenvalue weighted by atomic mass is 32.2. The summed E-state index contributed by atoms with van der Waals surface area (Å²) in [7, 11) is 1.61. The van der Waals surface area contributed by atoms with Gasteiger partial charge in [0.15, 0.2) is 10.9 Å². The first-order chi connectivity index (χ1) is 13.1. The van der Waals surface area contributed by atoms with Gasteiger partial charge in [-0.3, -0.25) is 9.59 Å². The lowest BCUT2D eigenvalue weighted by Gasteiger charge is -2.32. The molecule has 2 aromatic rings. The molecule has 0 fully saturated rings. The highest BCUT2D eigenvalue weighted by Crippen LogP contribution is 2.43. The molecule has 0 unspecified atom stereocenters. The van der Waals surface area contributed by atoms with E-state index in [1.54, 1.807) is 7.11 Å². The first-order valence-electron chi connectivity index (χ1n) is 9.06. The van der Waals surface area contributed by atoms with Crippen LogP contribution in [-0.2, 0) is 4.79 Å². The molecule has 2 heterocycles. The third-order valence-electron chi connectivity index (χ3n) is 4.94. The highest BCUT2D eigenvalue weighted by Gasteiger charge is 2.37. The van der Waals surface area contributed by atoms with Crippen molar-refractivity contribution in [2.24, 2.45) is 0 Å². The lowest BCUT2D eigenvalue weighted by Crippen LogP contribution is -2.32. The lowest BCUT2D eigenvalue weighted by molar-refractivity contribution is -0.116. The molecular weight excluding hydrogens is 362 g/mol. The second kappa shape index (κ2) is 7.23. The largest absolute Gasteiger partial charge is 0.497 e. The number of nitrogens with zero attached hydrogens (tertiary/aromatic N) is 1. The molecule has 6 nitrogen and oxygen atoms in total. The number of aromatic amines is 1. The van der Waals surface area contributed by atoms with Crippen molar-refractivity contribution in [3.05, 3.63) is 57.0 Å². The van der Waals surface area contributed by atoms with Crippen LogP contribution in [0, 0.1) is 0 Å². The number of H-pyrrole nitrogens is 1. The van der Waals surface area contributed by atoms with Crippen LogP contribution in [0.1, 0.15) is 43.2 Å². The average molecular weight is 383 g/mol. The fourth-order valence-corrected chi connectivity index (χ4v) is 4.39. The number of carbonyl (C=O) groups excluding carboxylic acids is 1. The summed E-state index contributed by atoms with van der Waals surface area (Å²) in [5, 5.41) is 3.87. The predicted octanol–water partition coefficient (Wildman–Crippen LogP) is 3.46. The van der Waals surface area contributed by atoms with E-state index in [0.29, 0.717) is 34.3 Å². The molecule has 140 valence electrons. The maximum atomic E-state index is 13.0. The van der Waals surface area contributed by atoms with Crippen molar-refractivity contribution < 1.29 is 9.53 Å². The summed E-state index contributed by atoms with van der Waals surface area (Å²) in [6.45, 7) is 2.01. The van der Waals surface area contributed by atoms with Crippen molar-refractivity contribution in [2.45, 2.75) is 37.3 Å². The van der Waals surface area contributed by atoms with Crippen molar-refractivity contribution in [3.63, 3.8) is 0 Å². The molecule has 0 radical (unpaired) electrons. The molecule has 4 rings (SSSR count). The van der Waals surface area contributed by atoms with E-state index in [-0.39, 0.29) is 11.3 Å². The Morgan fingerprint density at radius 2 is 2.15 bits per heavy atom. The molecule has 0 saturated carbocycles. The first-order valence-corrected chi connectivity index (χ1v) is 10.0. The SMILES string of the molecule is CCSc1nc2c(c(=O)[nH]1)[C@H](c1cccc(OC)c1)C1=C(CCCC1=O)N2. The second-order valence-electron chi connectivity index (χ2n) is 6.57. The van der Waals surface area contributed by atoms with E-state index in [1.165, 1.54) is 11.8 Å². The van der Waals surface area contributed by atoms with Crippen molar-refractivity contribution >= 4 is 23.4 Å². The monoisotopic (exact) mass is 383 g/mol. The van der Waals surface area contributed by atoms with Crippen LogP contribution in [0.15, 0.2) is 45.5 Å². The Bertz CT molecular complexity index is 996. The van der Waals surface area contributed by atoms with Crippen LogP contribution in [-0.4, -0.2) is 28.6 Å². The van der Waals surface area contributed by atoms with E-state index >= 15 is 0 Å². The molecule has 27 heavy (non-hydrogen) atoms. The van der Waals surface area contributed by atoms with E-state index in [2.05, 4.69) is 15.3 Å². The summed E-state index contributed by atoms with van der Waals surface area (Å²) in [6.07, 6.45) is 2.10.